The molecule has 0 aliphatic heterocycles. The van der Waals surface area contributed by atoms with Gasteiger partial charge in [-0.15, -0.1) is 0 Å². The molecular weight excluding hydrogens is 414 g/mol. The van der Waals surface area contributed by atoms with Crippen molar-refractivity contribution < 1.29 is 14.5 Å². The molecule has 2 aromatic rings. The van der Waals surface area contributed by atoms with Gasteiger partial charge in [0.2, 0.25) is 0 Å². The predicted molar refractivity (Wildman–Crippen MR) is 107 cm³/mol. The molecular formula is C19H20BrN3O4. The smallest absolute Gasteiger partial charge is 0.277 e. The molecule has 0 fully saturated rings. The molecule has 142 valence electrons. The normalized spacial score (nSPS) is 11.4. The highest BCUT2D eigenvalue weighted by molar-refractivity contribution is 9.10. The van der Waals surface area contributed by atoms with Gasteiger partial charge in [0.1, 0.15) is 5.75 Å². The molecule has 2 rings (SSSR count). The highest BCUT2D eigenvalue weighted by Crippen LogP contribution is 2.33. The van der Waals surface area contributed by atoms with Gasteiger partial charge in [-0.25, -0.2) is 5.43 Å². The number of halogens is 1. The first kappa shape index (κ1) is 20.6. The first-order chi connectivity index (χ1) is 12.7. The van der Waals surface area contributed by atoms with E-state index < -0.39 is 10.8 Å². The number of amides is 1. The van der Waals surface area contributed by atoms with E-state index >= 15 is 0 Å². The number of carbonyl (C=O) groups excluding carboxylic acids is 1. The van der Waals surface area contributed by atoms with Gasteiger partial charge in [-0.05, 0) is 23.6 Å². The number of nitrogens with zero attached hydrogens (tertiary/aromatic N) is 2. The molecule has 0 spiro atoms. The summed E-state index contributed by atoms with van der Waals surface area (Å²) in [5, 5.41) is 14.6. The summed E-state index contributed by atoms with van der Waals surface area (Å²) in [6.45, 7) is 5.98. The Morgan fingerprint density at radius 3 is 2.70 bits per heavy atom. The maximum Gasteiger partial charge on any atom is 0.277 e. The number of rotatable bonds is 6. The molecule has 0 heterocycles. The average Bonchev–Trinajstić information content (AvgIpc) is 2.60. The van der Waals surface area contributed by atoms with Gasteiger partial charge in [0.25, 0.3) is 11.6 Å². The number of nitro groups is 1. The van der Waals surface area contributed by atoms with Gasteiger partial charge in [-0.3, -0.25) is 14.9 Å². The molecule has 0 bridgehead atoms. The van der Waals surface area contributed by atoms with Crippen LogP contribution in [0.5, 0.6) is 5.75 Å². The number of benzene rings is 2. The Labute approximate surface area is 165 Å². The van der Waals surface area contributed by atoms with Gasteiger partial charge in [0.15, 0.2) is 6.61 Å². The minimum atomic E-state index is -0.491. The molecule has 0 saturated heterocycles. The number of hydrazone groups is 1. The Balaban J connectivity index is 1.96. The van der Waals surface area contributed by atoms with Crippen LogP contribution in [0.3, 0.4) is 0 Å². The monoisotopic (exact) mass is 433 g/mol. The molecule has 0 unspecified atom stereocenters. The van der Waals surface area contributed by atoms with E-state index in [4.69, 9.17) is 4.74 Å². The van der Waals surface area contributed by atoms with Crippen LogP contribution in [0.2, 0.25) is 0 Å². The fraction of sp³-hybridized carbons (Fsp3) is 0.263. The van der Waals surface area contributed by atoms with Gasteiger partial charge in [-0.1, -0.05) is 48.8 Å². The van der Waals surface area contributed by atoms with E-state index in [-0.39, 0.29) is 17.7 Å². The summed E-state index contributed by atoms with van der Waals surface area (Å²) in [4.78, 5) is 22.2. The first-order valence-electron chi connectivity index (χ1n) is 8.16. The van der Waals surface area contributed by atoms with E-state index in [9.17, 15) is 14.9 Å². The lowest BCUT2D eigenvalue weighted by atomic mass is 9.86. The van der Waals surface area contributed by atoms with Gasteiger partial charge in [0, 0.05) is 27.7 Å². The highest BCUT2D eigenvalue weighted by atomic mass is 79.9. The molecule has 0 saturated carbocycles. The third-order valence-electron chi connectivity index (χ3n) is 3.59. The summed E-state index contributed by atoms with van der Waals surface area (Å²) < 4.78 is 6.57. The maximum atomic E-state index is 11.9. The number of ether oxygens (including phenoxy) is 1. The van der Waals surface area contributed by atoms with E-state index in [2.05, 4.69) is 47.2 Å². The van der Waals surface area contributed by atoms with Crippen molar-refractivity contribution >= 4 is 33.7 Å². The summed E-state index contributed by atoms with van der Waals surface area (Å²) >= 11 is 3.44. The minimum absolute atomic E-state index is 0.0430. The molecule has 8 heteroatoms. The fourth-order valence-electron chi connectivity index (χ4n) is 2.29. The summed E-state index contributed by atoms with van der Waals surface area (Å²) in [7, 11) is 0. The van der Waals surface area contributed by atoms with Crippen LogP contribution in [0, 0.1) is 10.1 Å². The van der Waals surface area contributed by atoms with Crippen molar-refractivity contribution in [2.45, 2.75) is 26.2 Å². The molecule has 27 heavy (non-hydrogen) atoms. The summed E-state index contributed by atoms with van der Waals surface area (Å²) in [6, 6.07) is 11.6. The van der Waals surface area contributed by atoms with Crippen molar-refractivity contribution in [1.82, 2.24) is 5.43 Å². The van der Waals surface area contributed by atoms with Crippen molar-refractivity contribution in [2.75, 3.05) is 6.61 Å². The largest absolute Gasteiger partial charge is 0.483 e. The van der Waals surface area contributed by atoms with E-state index in [1.165, 1.54) is 18.3 Å². The topological polar surface area (TPSA) is 93.8 Å². The fourth-order valence-corrected chi connectivity index (χ4v) is 2.65. The van der Waals surface area contributed by atoms with Crippen LogP contribution < -0.4 is 10.2 Å². The predicted octanol–water partition coefficient (Wildman–Crippen LogP) is 4.18. The lowest BCUT2D eigenvalue weighted by Gasteiger charge is -2.23. The van der Waals surface area contributed by atoms with Crippen LogP contribution in [0.15, 0.2) is 52.0 Å². The van der Waals surface area contributed by atoms with E-state index in [1.54, 1.807) is 12.1 Å². The number of hydrogen-bond acceptors (Lipinski definition) is 5. The third kappa shape index (κ3) is 6.18. The van der Waals surface area contributed by atoms with Crippen molar-refractivity contribution in [3.8, 4) is 5.75 Å². The zero-order valence-corrected chi connectivity index (χ0v) is 16.8. The second-order valence-electron chi connectivity index (χ2n) is 6.82. The van der Waals surface area contributed by atoms with Crippen LogP contribution in [0.1, 0.15) is 31.9 Å². The van der Waals surface area contributed by atoms with Crippen molar-refractivity contribution in [3.63, 3.8) is 0 Å². The SMILES string of the molecule is CC(C)(C)c1cc(Br)ccc1OCC(=O)N/N=C/c1cccc([N+](=O)[O-])c1. The summed E-state index contributed by atoms with van der Waals surface area (Å²) in [5.41, 5.74) is 3.64. The van der Waals surface area contributed by atoms with Gasteiger partial charge in [-0.2, -0.15) is 5.10 Å². The molecule has 7 nitrogen and oxygen atoms in total. The second-order valence-corrected chi connectivity index (χ2v) is 7.74. The van der Waals surface area contributed by atoms with E-state index in [0.717, 1.165) is 10.0 Å². The van der Waals surface area contributed by atoms with Gasteiger partial charge in [0.05, 0.1) is 11.1 Å². The molecule has 1 N–H and O–H groups in total. The number of nitro benzene ring substituents is 1. The number of carbonyl (C=O) groups is 1. The van der Waals surface area contributed by atoms with Gasteiger partial charge < -0.3 is 4.74 Å². The van der Waals surface area contributed by atoms with Crippen LogP contribution in [0.4, 0.5) is 5.69 Å². The Morgan fingerprint density at radius 1 is 1.30 bits per heavy atom. The average molecular weight is 434 g/mol. The van der Waals surface area contributed by atoms with Crippen LogP contribution in [-0.4, -0.2) is 23.7 Å². The number of non-ortho nitro benzene ring substituents is 1. The third-order valence-corrected chi connectivity index (χ3v) is 4.09. The Bertz CT molecular complexity index is 875. The quantitative estimate of drug-likeness (QED) is 0.419. The second kappa shape index (κ2) is 8.77. The Morgan fingerprint density at radius 2 is 2.04 bits per heavy atom. The summed E-state index contributed by atoms with van der Waals surface area (Å²) in [5.74, 6) is 0.197. The number of nitrogens with one attached hydrogen (secondary N) is 1. The summed E-state index contributed by atoms with van der Waals surface area (Å²) in [6.07, 6.45) is 1.34. The molecule has 0 aliphatic rings. The van der Waals surface area contributed by atoms with Gasteiger partial charge >= 0.3 is 0 Å². The van der Waals surface area contributed by atoms with Crippen molar-refractivity contribution in [3.05, 3.63) is 68.2 Å². The zero-order valence-electron chi connectivity index (χ0n) is 15.2. The molecule has 0 aromatic heterocycles. The standard InChI is InChI=1S/C19H20BrN3O4/c1-19(2,3)16-10-14(20)7-8-17(16)27-12-18(24)22-21-11-13-5-4-6-15(9-13)23(25)26/h4-11H,12H2,1-3H3,(H,22,24)/b21-11+. The van der Waals surface area contributed by atoms with Crippen LogP contribution in [-0.2, 0) is 10.2 Å². The molecule has 0 atom stereocenters. The van der Waals surface area contributed by atoms with Crippen LogP contribution >= 0.6 is 15.9 Å². The number of hydrogen-bond donors (Lipinski definition) is 1. The lowest BCUT2D eigenvalue weighted by Crippen LogP contribution is -2.25. The van der Waals surface area contributed by atoms with E-state index in [1.807, 2.05) is 18.2 Å². The lowest BCUT2D eigenvalue weighted by molar-refractivity contribution is -0.384. The molecule has 0 radical (unpaired) electrons. The van der Waals surface area contributed by atoms with Crippen molar-refractivity contribution in [2.24, 2.45) is 5.10 Å². The zero-order chi connectivity index (χ0) is 20.0. The molecule has 0 aliphatic carbocycles. The molecule has 2 aromatic carbocycles. The first-order valence-corrected chi connectivity index (χ1v) is 8.95. The molecule has 1 amide bonds. The van der Waals surface area contributed by atoms with E-state index in [0.29, 0.717) is 11.3 Å². The Kier molecular flexibility index (Phi) is 6.68. The van der Waals surface area contributed by atoms with Crippen molar-refractivity contribution in [1.29, 1.82) is 0 Å². The maximum absolute atomic E-state index is 11.9. The highest BCUT2D eigenvalue weighted by Gasteiger charge is 2.20. The Hall–Kier alpha value is -2.74. The minimum Gasteiger partial charge on any atom is -0.483 e. The van der Waals surface area contributed by atoms with Crippen LogP contribution in [0.25, 0.3) is 0 Å².